The van der Waals surface area contributed by atoms with Crippen LogP contribution in [-0.2, 0) is 4.79 Å². The van der Waals surface area contributed by atoms with Crippen molar-refractivity contribution in [2.75, 3.05) is 6.54 Å². The quantitative estimate of drug-likeness (QED) is 0.858. The first-order valence-electron chi connectivity index (χ1n) is 7.54. The fourth-order valence-corrected chi connectivity index (χ4v) is 3.65. The monoisotopic (exact) mass is 362 g/mol. The Bertz CT molecular complexity index is 552. The van der Waals surface area contributed by atoms with Gasteiger partial charge >= 0.3 is 0 Å². The highest BCUT2D eigenvalue weighted by Gasteiger charge is 2.45. The van der Waals surface area contributed by atoms with Crippen LogP contribution in [0.2, 0.25) is 10.0 Å². The number of hydrogen-bond acceptors (Lipinski definition) is 2. The predicted octanol–water partition coefficient (Wildman–Crippen LogP) is 3.78. The third-order valence-corrected chi connectivity index (χ3v) is 5.31. The fourth-order valence-electron chi connectivity index (χ4n) is 3.21. The van der Waals surface area contributed by atoms with Crippen LogP contribution in [0.1, 0.15) is 37.7 Å². The van der Waals surface area contributed by atoms with Crippen LogP contribution >= 0.6 is 35.6 Å². The number of carbonyl (C=O) groups excluding carboxylic acids is 1. The predicted molar refractivity (Wildman–Crippen MR) is 93.2 cm³/mol. The molecule has 2 aliphatic rings. The van der Waals surface area contributed by atoms with Crippen LogP contribution in [0.15, 0.2) is 18.2 Å². The highest BCUT2D eigenvalue weighted by Crippen LogP contribution is 2.50. The molecule has 0 radical (unpaired) electrons. The number of nitrogens with one attached hydrogen (secondary N) is 2. The van der Waals surface area contributed by atoms with Crippen LogP contribution in [0.3, 0.4) is 0 Å². The van der Waals surface area contributed by atoms with E-state index in [1.54, 1.807) is 6.07 Å². The zero-order valence-electron chi connectivity index (χ0n) is 12.4. The molecule has 0 spiro atoms. The van der Waals surface area contributed by atoms with Crippen molar-refractivity contribution >= 4 is 41.5 Å². The smallest absolute Gasteiger partial charge is 0.223 e. The van der Waals surface area contributed by atoms with E-state index in [0.717, 1.165) is 31.4 Å². The van der Waals surface area contributed by atoms with Crippen molar-refractivity contribution in [3.8, 4) is 0 Å². The zero-order valence-corrected chi connectivity index (χ0v) is 14.8. The van der Waals surface area contributed by atoms with Gasteiger partial charge in [0.25, 0.3) is 0 Å². The third kappa shape index (κ3) is 3.88. The molecule has 122 valence electrons. The molecule has 3 nitrogen and oxygen atoms in total. The molecule has 1 amide bonds. The SMILES string of the molecule is CC1CC(NC(=O)C2CC2c2cccc(Cl)c2Cl)CCN1.Cl. The number of benzene rings is 1. The van der Waals surface area contributed by atoms with Gasteiger partial charge in [0.05, 0.1) is 10.0 Å². The maximum atomic E-state index is 12.4. The summed E-state index contributed by atoms with van der Waals surface area (Å²) in [6.07, 6.45) is 2.87. The molecule has 1 aromatic carbocycles. The van der Waals surface area contributed by atoms with E-state index in [0.29, 0.717) is 22.1 Å². The highest BCUT2D eigenvalue weighted by molar-refractivity contribution is 6.42. The summed E-state index contributed by atoms with van der Waals surface area (Å²) in [5.41, 5.74) is 1.00. The second kappa shape index (κ2) is 7.39. The van der Waals surface area contributed by atoms with Crippen molar-refractivity contribution < 1.29 is 4.79 Å². The third-order valence-electron chi connectivity index (χ3n) is 4.48. The molecule has 3 rings (SSSR count). The molecular formula is C16H21Cl3N2O. The van der Waals surface area contributed by atoms with E-state index in [2.05, 4.69) is 17.6 Å². The second-order valence-electron chi connectivity index (χ2n) is 6.18. The van der Waals surface area contributed by atoms with Gasteiger partial charge < -0.3 is 10.6 Å². The topological polar surface area (TPSA) is 41.1 Å². The first kappa shape index (κ1) is 17.9. The van der Waals surface area contributed by atoms with E-state index in [4.69, 9.17) is 23.2 Å². The number of amides is 1. The molecule has 1 aromatic rings. The summed E-state index contributed by atoms with van der Waals surface area (Å²) in [6, 6.07) is 6.41. The summed E-state index contributed by atoms with van der Waals surface area (Å²) in [4.78, 5) is 12.4. The van der Waals surface area contributed by atoms with Crippen LogP contribution in [0.25, 0.3) is 0 Å². The van der Waals surface area contributed by atoms with Crippen LogP contribution in [0, 0.1) is 5.92 Å². The van der Waals surface area contributed by atoms with Crippen molar-refractivity contribution in [1.82, 2.24) is 10.6 Å². The minimum absolute atomic E-state index is 0. The maximum Gasteiger partial charge on any atom is 0.223 e. The number of hydrogen-bond donors (Lipinski definition) is 2. The number of rotatable bonds is 3. The van der Waals surface area contributed by atoms with Gasteiger partial charge in [0.15, 0.2) is 0 Å². The molecule has 4 atom stereocenters. The Morgan fingerprint density at radius 2 is 2.09 bits per heavy atom. The van der Waals surface area contributed by atoms with Crippen LogP contribution < -0.4 is 10.6 Å². The van der Waals surface area contributed by atoms with Gasteiger partial charge in [-0.25, -0.2) is 0 Å². The molecule has 2 fully saturated rings. The lowest BCUT2D eigenvalue weighted by Gasteiger charge is -2.28. The van der Waals surface area contributed by atoms with Crippen LogP contribution in [0.5, 0.6) is 0 Å². The molecule has 1 heterocycles. The first-order valence-corrected chi connectivity index (χ1v) is 8.29. The normalized spacial score (nSPS) is 30.3. The molecule has 0 bridgehead atoms. The largest absolute Gasteiger partial charge is 0.353 e. The molecule has 4 unspecified atom stereocenters. The summed E-state index contributed by atoms with van der Waals surface area (Å²) in [7, 11) is 0. The summed E-state index contributed by atoms with van der Waals surface area (Å²) < 4.78 is 0. The molecule has 6 heteroatoms. The fraction of sp³-hybridized carbons (Fsp3) is 0.562. The van der Waals surface area contributed by atoms with E-state index in [1.807, 2.05) is 12.1 Å². The summed E-state index contributed by atoms with van der Waals surface area (Å²) in [6.45, 7) is 3.13. The summed E-state index contributed by atoms with van der Waals surface area (Å²) in [5, 5.41) is 7.74. The molecule has 1 saturated heterocycles. The molecule has 1 aliphatic carbocycles. The van der Waals surface area contributed by atoms with Gasteiger partial charge in [-0.15, -0.1) is 12.4 Å². The number of carbonyl (C=O) groups is 1. The molecular weight excluding hydrogens is 343 g/mol. The van der Waals surface area contributed by atoms with Gasteiger partial charge in [-0.3, -0.25) is 4.79 Å². The van der Waals surface area contributed by atoms with Crippen LogP contribution in [-0.4, -0.2) is 24.5 Å². The lowest BCUT2D eigenvalue weighted by molar-refractivity contribution is -0.123. The van der Waals surface area contributed by atoms with E-state index in [-0.39, 0.29) is 30.2 Å². The van der Waals surface area contributed by atoms with E-state index >= 15 is 0 Å². The highest BCUT2D eigenvalue weighted by atomic mass is 35.5. The molecule has 2 N–H and O–H groups in total. The average Bonchev–Trinajstić information content (AvgIpc) is 3.22. The molecule has 22 heavy (non-hydrogen) atoms. The van der Waals surface area contributed by atoms with E-state index in [9.17, 15) is 4.79 Å². The lowest BCUT2D eigenvalue weighted by Crippen LogP contribution is -2.47. The summed E-state index contributed by atoms with van der Waals surface area (Å²) >= 11 is 12.3. The minimum Gasteiger partial charge on any atom is -0.353 e. The Labute approximate surface area is 147 Å². The minimum atomic E-state index is 0. The first-order chi connectivity index (χ1) is 10.1. The van der Waals surface area contributed by atoms with Gasteiger partial charge in [-0.2, -0.15) is 0 Å². The zero-order chi connectivity index (χ0) is 15.0. The van der Waals surface area contributed by atoms with E-state index in [1.165, 1.54) is 0 Å². The summed E-state index contributed by atoms with van der Waals surface area (Å²) in [5.74, 6) is 0.427. The molecule has 1 aliphatic heterocycles. The maximum absolute atomic E-state index is 12.4. The Balaban J connectivity index is 0.00000176. The second-order valence-corrected chi connectivity index (χ2v) is 6.96. The van der Waals surface area contributed by atoms with Gasteiger partial charge in [-0.1, -0.05) is 35.3 Å². The Kier molecular flexibility index (Phi) is 6.00. The molecule has 0 aromatic heterocycles. The van der Waals surface area contributed by atoms with Crippen molar-refractivity contribution in [1.29, 1.82) is 0 Å². The standard InChI is InChI=1S/C16H20Cl2N2O.ClH/c1-9-7-10(5-6-19-9)20-16(21)13-8-12(13)11-3-2-4-14(17)15(11)18;/h2-4,9-10,12-13,19H,5-8H2,1H3,(H,20,21);1H. The Hall–Kier alpha value is -0.480. The number of piperidine rings is 1. The van der Waals surface area contributed by atoms with Crippen molar-refractivity contribution in [2.24, 2.45) is 5.92 Å². The lowest BCUT2D eigenvalue weighted by atomic mass is 10.0. The van der Waals surface area contributed by atoms with Crippen molar-refractivity contribution in [2.45, 2.75) is 44.2 Å². The van der Waals surface area contributed by atoms with Gasteiger partial charge in [0, 0.05) is 18.0 Å². The van der Waals surface area contributed by atoms with Gasteiger partial charge in [-0.05, 0) is 50.3 Å². The van der Waals surface area contributed by atoms with Crippen LogP contribution in [0.4, 0.5) is 0 Å². The van der Waals surface area contributed by atoms with Gasteiger partial charge in [0.1, 0.15) is 0 Å². The Morgan fingerprint density at radius 1 is 1.32 bits per heavy atom. The van der Waals surface area contributed by atoms with Gasteiger partial charge in [0.2, 0.25) is 5.91 Å². The Morgan fingerprint density at radius 3 is 2.82 bits per heavy atom. The van der Waals surface area contributed by atoms with Crippen molar-refractivity contribution in [3.05, 3.63) is 33.8 Å². The van der Waals surface area contributed by atoms with Crippen molar-refractivity contribution in [3.63, 3.8) is 0 Å². The number of halogens is 3. The molecule has 1 saturated carbocycles. The average molecular weight is 364 g/mol. The van der Waals surface area contributed by atoms with E-state index < -0.39 is 0 Å².